The highest BCUT2D eigenvalue weighted by Crippen LogP contribution is 2.31. The minimum absolute atomic E-state index is 0.105. The molecule has 0 atom stereocenters. The second kappa shape index (κ2) is 4.90. The van der Waals surface area contributed by atoms with Crippen molar-refractivity contribution >= 4 is 13.7 Å². The van der Waals surface area contributed by atoms with E-state index in [1.54, 1.807) is 13.9 Å². The molecule has 1 amide bonds. The third kappa shape index (κ3) is 2.51. The summed E-state index contributed by atoms with van der Waals surface area (Å²) >= 11 is 0. The Morgan fingerprint density at radius 2 is 2.06 bits per heavy atom. The van der Waals surface area contributed by atoms with Gasteiger partial charge in [-0.25, -0.2) is 4.39 Å². The predicted molar refractivity (Wildman–Crippen MR) is 68.6 cm³/mol. The number of likely N-dealkylation sites (tertiary alicyclic amines) is 1. The van der Waals surface area contributed by atoms with Crippen molar-refractivity contribution in [2.75, 3.05) is 13.1 Å². The van der Waals surface area contributed by atoms with Crippen LogP contribution in [0.5, 0.6) is 0 Å². The lowest BCUT2D eigenvalue weighted by Gasteiger charge is -2.32. The fourth-order valence-electron chi connectivity index (χ4n) is 2.64. The Morgan fingerprint density at radius 3 is 2.59 bits per heavy atom. The summed E-state index contributed by atoms with van der Waals surface area (Å²) < 4.78 is 13.8. The smallest absolute Gasteiger partial charge is 0.215 e. The van der Waals surface area contributed by atoms with Crippen LogP contribution in [0.2, 0.25) is 0 Å². The minimum atomic E-state index is -0.105. The second-order valence-corrected chi connectivity index (χ2v) is 4.75. The molecule has 1 aromatic carbocycles. The lowest BCUT2D eigenvalue weighted by Crippen LogP contribution is -2.37. The Bertz CT molecular complexity index is 407. The van der Waals surface area contributed by atoms with Gasteiger partial charge in [0, 0.05) is 13.1 Å². The predicted octanol–water partition coefficient (Wildman–Crippen LogP) is 2.07. The van der Waals surface area contributed by atoms with Gasteiger partial charge >= 0.3 is 0 Å². The number of amides is 1. The van der Waals surface area contributed by atoms with E-state index < -0.39 is 0 Å². The third-order valence-corrected chi connectivity index (χ3v) is 3.62. The van der Waals surface area contributed by atoms with Gasteiger partial charge in [0.1, 0.15) is 5.82 Å². The molecule has 2 nitrogen and oxygen atoms in total. The largest absolute Gasteiger partial charge is 0.352 e. The maximum atomic E-state index is 13.8. The lowest BCUT2D eigenvalue weighted by molar-refractivity contribution is 0.203. The van der Waals surface area contributed by atoms with Crippen molar-refractivity contribution in [3.05, 3.63) is 35.1 Å². The lowest BCUT2D eigenvalue weighted by atomic mass is 9.86. The molecule has 1 aromatic rings. The highest BCUT2D eigenvalue weighted by atomic mass is 19.1. The van der Waals surface area contributed by atoms with E-state index in [0.717, 1.165) is 37.1 Å². The van der Waals surface area contributed by atoms with Gasteiger partial charge in [0.15, 0.2) is 5.81 Å². The minimum Gasteiger partial charge on any atom is -0.352 e. The molecule has 0 aromatic heterocycles. The highest BCUT2D eigenvalue weighted by Gasteiger charge is 2.24. The number of hydrogen-bond acceptors (Lipinski definition) is 1. The van der Waals surface area contributed by atoms with Gasteiger partial charge in [-0.2, -0.15) is 0 Å². The van der Waals surface area contributed by atoms with Gasteiger partial charge in [0.2, 0.25) is 7.85 Å². The van der Waals surface area contributed by atoms with Crippen LogP contribution in [-0.2, 0) is 0 Å². The average Bonchev–Trinajstić information content (AvgIpc) is 2.29. The van der Waals surface area contributed by atoms with E-state index in [0.29, 0.717) is 0 Å². The number of piperidine rings is 1. The SMILES string of the molecule is BC(=O)N1CCC(c2c(C)cccc2F)CC1. The number of carbonyl (C=O) groups excluding carboxylic acids is 1. The third-order valence-electron chi connectivity index (χ3n) is 3.62. The number of benzene rings is 1. The van der Waals surface area contributed by atoms with Crippen molar-refractivity contribution in [1.82, 2.24) is 4.90 Å². The van der Waals surface area contributed by atoms with Gasteiger partial charge in [-0.1, -0.05) is 12.1 Å². The number of carbonyl (C=O) groups is 1. The van der Waals surface area contributed by atoms with Gasteiger partial charge in [0.05, 0.1) is 0 Å². The zero-order valence-electron chi connectivity index (χ0n) is 10.4. The van der Waals surface area contributed by atoms with Crippen LogP contribution < -0.4 is 0 Å². The van der Waals surface area contributed by atoms with Gasteiger partial charge in [-0.15, -0.1) is 0 Å². The van der Waals surface area contributed by atoms with Crippen molar-refractivity contribution in [2.45, 2.75) is 25.7 Å². The van der Waals surface area contributed by atoms with Crippen LogP contribution in [0.3, 0.4) is 0 Å². The number of hydrogen-bond donors (Lipinski definition) is 0. The molecule has 1 saturated heterocycles. The first-order valence-electron chi connectivity index (χ1n) is 6.10. The molecule has 0 bridgehead atoms. The summed E-state index contributed by atoms with van der Waals surface area (Å²) in [4.78, 5) is 13.1. The topological polar surface area (TPSA) is 20.3 Å². The molecular formula is C13H17BFNO. The molecule has 1 fully saturated rings. The van der Waals surface area contributed by atoms with Crippen molar-refractivity contribution in [2.24, 2.45) is 0 Å². The molecule has 0 radical (unpaired) electrons. The normalized spacial score (nSPS) is 17.2. The van der Waals surface area contributed by atoms with Crippen LogP contribution in [0.15, 0.2) is 18.2 Å². The van der Waals surface area contributed by atoms with E-state index in [-0.39, 0.29) is 17.5 Å². The molecule has 0 unspecified atom stereocenters. The van der Waals surface area contributed by atoms with Crippen molar-refractivity contribution in [3.8, 4) is 0 Å². The summed E-state index contributed by atoms with van der Waals surface area (Å²) in [6.07, 6.45) is 1.72. The summed E-state index contributed by atoms with van der Waals surface area (Å²) in [5, 5.41) is 0. The quantitative estimate of drug-likeness (QED) is 0.680. The average molecular weight is 233 g/mol. The molecule has 0 saturated carbocycles. The highest BCUT2D eigenvalue weighted by molar-refractivity contribution is 6.56. The number of halogens is 1. The van der Waals surface area contributed by atoms with Gasteiger partial charge in [0.25, 0.3) is 0 Å². The van der Waals surface area contributed by atoms with Crippen molar-refractivity contribution in [1.29, 1.82) is 0 Å². The molecule has 2 rings (SSSR count). The van der Waals surface area contributed by atoms with E-state index in [9.17, 15) is 9.18 Å². The van der Waals surface area contributed by atoms with Crippen molar-refractivity contribution in [3.63, 3.8) is 0 Å². The number of nitrogens with zero attached hydrogens (tertiary/aromatic N) is 1. The van der Waals surface area contributed by atoms with Crippen LogP contribution in [0.1, 0.15) is 29.9 Å². The fraction of sp³-hybridized carbons (Fsp3) is 0.462. The van der Waals surface area contributed by atoms with Crippen LogP contribution in [0.4, 0.5) is 9.18 Å². The van der Waals surface area contributed by atoms with E-state index >= 15 is 0 Å². The first-order valence-corrected chi connectivity index (χ1v) is 6.10. The fourth-order valence-corrected chi connectivity index (χ4v) is 2.64. The number of rotatable bonds is 1. The molecule has 4 heteroatoms. The maximum Gasteiger partial charge on any atom is 0.215 e. The summed E-state index contributed by atoms with van der Waals surface area (Å²) in [5.41, 5.74) is 1.86. The Kier molecular flexibility index (Phi) is 3.50. The zero-order chi connectivity index (χ0) is 12.4. The van der Waals surface area contributed by atoms with Gasteiger partial charge in [-0.3, -0.25) is 4.79 Å². The van der Waals surface area contributed by atoms with E-state index in [2.05, 4.69) is 0 Å². The van der Waals surface area contributed by atoms with Crippen LogP contribution in [0.25, 0.3) is 0 Å². The molecule has 1 aliphatic heterocycles. The molecular weight excluding hydrogens is 216 g/mol. The van der Waals surface area contributed by atoms with E-state index in [4.69, 9.17) is 0 Å². The molecule has 0 spiro atoms. The van der Waals surface area contributed by atoms with E-state index in [1.807, 2.05) is 17.9 Å². The van der Waals surface area contributed by atoms with Crippen molar-refractivity contribution < 1.29 is 9.18 Å². The molecule has 0 aliphatic carbocycles. The van der Waals surface area contributed by atoms with Crippen LogP contribution in [-0.4, -0.2) is 31.6 Å². The molecule has 1 aliphatic rings. The first kappa shape index (κ1) is 12.2. The summed E-state index contributed by atoms with van der Waals surface area (Å²) in [5.74, 6) is 0.270. The van der Waals surface area contributed by atoms with Gasteiger partial charge in [-0.05, 0) is 42.9 Å². The molecule has 0 N–H and O–H groups in total. The maximum absolute atomic E-state index is 13.8. The molecule has 17 heavy (non-hydrogen) atoms. The Hall–Kier alpha value is -1.32. The summed E-state index contributed by atoms with van der Waals surface area (Å²) in [6.45, 7) is 3.44. The molecule has 1 heterocycles. The van der Waals surface area contributed by atoms with Crippen LogP contribution >= 0.6 is 0 Å². The zero-order valence-corrected chi connectivity index (χ0v) is 10.4. The standard InChI is InChI=1S/C13H17BFNO/c1-9-3-2-4-11(15)12(9)10-5-7-16(8-6-10)13(14)17/h2-4,10H,5-8,14H2,1H3. The summed E-state index contributed by atoms with van der Waals surface area (Å²) in [7, 11) is 1.59. The summed E-state index contributed by atoms with van der Waals surface area (Å²) in [6, 6.07) is 5.23. The monoisotopic (exact) mass is 233 g/mol. The first-order chi connectivity index (χ1) is 8.09. The number of aryl methyl sites for hydroxylation is 1. The molecule has 90 valence electrons. The van der Waals surface area contributed by atoms with E-state index in [1.165, 1.54) is 6.07 Å². The Labute approximate surface area is 102 Å². The van der Waals surface area contributed by atoms with Gasteiger partial charge < -0.3 is 4.90 Å². The second-order valence-electron chi connectivity index (χ2n) is 4.75. The Balaban J connectivity index is 2.13. The van der Waals surface area contributed by atoms with Crippen LogP contribution in [0, 0.1) is 12.7 Å². The Morgan fingerprint density at radius 1 is 1.41 bits per heavy atom.